The lowest BCUT2D eigenvalue weighted by atomic mass is 10.4. The second kappa shape index (κ2) is 8.00. The molecule has 2 N–H and O–H groups in total. The van der Waals surface area contributed by atoms with Crippen molar-refractivity contribution in [2.24, 2.45) is 0 Å². The average molecular weight is 178 g/mol. The summed E-state index contributed by atoms with van der Waals surface area (Å²) < 4.78 is 4.41. The largest absolute Gasteiger partial charge is 0.481 e. The van der Waals surface area contributed by atoms with Gasteiger partial charge >= 0.3 is 5.97 Å². The van der Waals surface area contributed by atoms with Crippen molar-refractivity contribution in [3.8, 4) is 0 Å². The van der Waals surface area contributed by atoms with E-state index < -0.39 is 12.1 Å². The van der Waals surface area contributed by atoms with E-state index in [1.165, 1.54) is 6.92 Å². The first-order valence-electron chi connectivity index (χ1n) is 3.37. The summed E-state index contributed by atoms with van der Waals surface area (Å²) >= 11 is 0. The van der Waals surface area contributed by atoms with Gasteiger partial charge < -0.3 is 14.9 Å². The fourth-order valence-corrected chi connectivity index (χ4v) is 0.238. The first kappa shape index (κ1) is 13.5. The summed E-state index contributed by atoms with van der Waals surface area (Å²) in [7, 11) is 0. The third-order valence-electron chi connectivity index (χ3n) is 0.528. The molecular weight excluding hydrogens is 164 g/mol. The second-order valence-electron chi connectivity index (χ2n) is 2.17. The summed E-state index contributed by atoms with van der Waals surface area (Å²) in [6, 6.07) is 0. The van der Waals surface area contributed by atoms with E-state index in [9.17, 15) is 4.79 Å². The van der Waals surface area contributed by atoms with E-state index in [0.717, 1.165) is 6.92 Å². The smallest absolute Gasteiger partial charge is 0.302 e. The Hall–Kier alpha value is -1.10. The van der Waals surface area contributed by atoms with Crippen molar-refractivity contribution in [2.75, 3.05) is 6.61 Å². The van der Waals surface area contributed by atoms with Crippen LogP contribution in [0.15, 0.2) is 0 Å². The van der Waals surface area contributed by atoms with Gasteiger partial charge in [0.1, 0.15) is 6.61 Å². The van der Waals surface area contributed by atoms with Gasteiger partial charge in [-0.1, -0.05) is 0 Å². The normalized spacial score (nSPS) is 10.7. The van der Waals surface area contributed by atoms with Gasteiger partial charge in [0, 0.05) is 13.8 Å². The van der Waals surface area contributed by atoms with E-state index in [0.29, 0.717) is 0 Å². The molecule has 0 aliphatic carbocycles. The van der Waals surface area contributed by atoms with Crippen LogP contribution in [-0.2, 0) is 14.3 Å². The molecule has 0 rings (SSSR count). The van der Waals surface area contributed by atoms with Gasteiger partial charge in [-0.25, -0.2) is 0 Å². The lowest BCUT2D eigenvalue weighted by Crippen LogP contribution is -2.12. The van der Waals surface area contributed by atoms with Gasteiger partial charge in [-0.05, 0) is 6.92 Å². The number of aliphatic hydroxyl groups excluding tert-OH is 1. The molecule has 1 atom stereocenters. The molecule has 0 saturated heterocycles. The highest BCUT2D eigenvalue weighted by Crippen LogP contribution is 1.81. The molecule has 0 fully saturated rings. The quantitative estimate of drug-likeness (QED) is 0.582. The molecule has 0 aliphatic heterocycles. The Kier molecular flexibility index (Phi) is 8.99. The minimum Gasteiger partial charge on any atom is -0.481 e. The maximum absolute atomic E-state index is 10.0. The Morgan fingerprint density at radius 1 is 1.42 bits per heavy atom. The lowest BCUT2D eigenvalue weighted by Gasteiger charge is -2.01. The van der Waals surface area contributed by atoms with Crippen LogP contribution in [0.25, 0.3) is 0 Å². The Morgan fingerprint density at radius 2 is 1.75 bits per heavy atom. The SMILES string of the molecule is CC(=O)O.CC(=O)OCC(C)O. The van der Waals surface area contributed by atoms with Gasteiger partial charge in [0.05, 0.1) is 6.10 Å². The predicted molar refractivity (Wildman–Crippen MR) is 41.6 cm³/mol. The molecule has 0 aromatic rings. The molecule has 0 aromatic heterocycles. The van der Waals surface area contributed by atoms with Crippen LogP contribution in [0.1, 0.15) is 20.8 Å². The summed E-state index contributed by atoms with van der Waals surface area (Å²) in [6.07, 6.45) is -0.557. The maximum atomic E-state index is 10.0. The van der Waals surface area contributed by atoms with Gasteiger partial charge in [0.15, 0.2) is 0 Å². The van der Waals surface area contributed by atoms with Crippen LogP contribution in [0, 0.1) is 0 Å². The first-order valence-corrected chi connectivity index (χ1v) is 3.37. The summed E-state index contributed by atoms with van der Waals surface area (Å²) in [5.41, 5.74) is 0. The molecule has 0 radical (unpaired) electrons. The molecule has 0 amide bonds. The van der Waals surface area contributed by atoms with E-state index in [1.807, 2.05) is 0 Å². The maximum Gasteiger partial charge on any atom is 0.302 e. The number of rotatable bonds is 2. The third-order valence-corrected chi connectivity index (χ3v) is 0.528. The van der Waals surface area contributed by atoms with Crippen molar-refractivity contribution in [1.29, 1.82) is 0 Å². The van der Waals surface area contributed by atoms with Crippen molar-refractivity contribution in [3.05, 3.63) is 0 Å². The van der Waals surface area contributed by atoms with Crippen LogP contribution >= 0.6 is 0 Å². The van der Waals surface area contributed by atoms with Gasteiger partial charge in [-0.3, -0.25) is 9.59 Å². The first-order chi connectivity index (χ1) is 5.36. The van der Waals surface area contributed by atoms with Crippen molar-refractivity contribution >= 4 is 11.9 Å². The van der Waals surface area contributed by atoms with E-state index in [-0.39, 0.29) is 12.6 Å². The summed E-state index contributed by atoms with van der Waals surface area (Å²) in [5, 5.41) is 15.9. The number of carboxylic acids is 1. The highest BCUT2D eigenvalue weighted by atomic mass is 16.5. The lowest BCUT2D eigenvalue weighted by molar-refractivity contribution is -0.143. The molecule has 0 saturated carbocycles. The van der Waals surface area contributed by atoms with Gasteiger partial charge in [0.25, 0.3) is 5.97 Å². The summed E-state index contributed by atoms with van der Waals surface area (Å²) in [5.74, 6) is -1.19. The van der Waals surface area contributed by atoms with Crippen LogP contribution < -0.4 is 0 Å². The predicted octanol–water partition coefficient (Wildman–Crippen LogP) is 0.0212. The molecule has 0 bridgehead atoms. The van der Waals surface area contributed by atoms with Crippen molar-refractivity contribution in [1.82, 2.24) is 0 Å². The number of carboxylic acid groups (broad SMARTS) is 1. The number of hydrogen-bond acceptors (Lipinski definition) is 4. The highest BCUT2D eigenvalue weighted by Gasteiger charge is 1.96. The molecule has 5 nitrogen and oxygen atoms in total. The van der Waals surface area contributed by atoms with Crippen molar-refractivity contribution in [2.45, 2.75) is 26.9 Å². The standard InChI is InChI=1S/C5H10O3.C2H4O2/c1-4(6)3-8-5(2)7;1-2(3)4/h4,6H,3H2,1-2H3;1H3,(H,3,4). The monoisotopic (exact) mass is 178 g/mol. The Labute approximate surface area is 71.0 Å². The Balaban J connectivity index is 0. The van der Waals surface area contributed by atoms with E-state index in [1.54, 1.807) is 6.92 Å². The molecule has 0 aliphatic rings. The number of aliphatic hydroxyl groups is 1. The molecule has 0 heterocycles. The zero-order chi connectivity index (χ0) is 10.1. The van der Waals surface area contributed by atoms with Gasteiger partial charge in [-0.2, -0.15) is 0 Å². The van der Waals surface area contributed by atoms with Crippen LogP contribution in [-0.4, -0.2) is 34.9 Å². The number of hydrogen-bond donors (Lipinski definition) is 2. The number of esters is 1. The molecule has 5 heteroatoms. The van der Waals surface area contributed by atoms with Crippen molar-refractivity contribution < 1.29 is 24.5 Å². The van der Waals surface area contributed by atoms with Crippen LogP contribution in [0.3, 0.4) is 0 Å². The fourth-order valence-electron chi connectivity index (χ4n) is 0.238. The van der Waals surface area contributed by atoms with E-state index in [2.05, 4.69) is 4.74 Å². The minimum atomic E-state index is -0.833. The molecule has 0 aromatic carbocycles. The zero-order valence-corrected chi connectivity index (χ0v) is 7.40. The fraction of sp³-hybridized carbons (Fsp3) is 0.714. The minimum absolute atomic E-state index is 0.0926. The second-order valence-corrected chi connectivity index (χ2v) is 2.17. The van der Waals surface area contributed by atoms with Crippen LogP contribution in [0.4, 0.5) is 0 Å². The zero-order valence-electron chi connectivity index (χ0n) is 7.40. The molecule has 72 valence electrons. The van der Waals surface area contributed by atoms with E-state index >= 15 is 0 Å². The molecular formula is C7H14O5. The van der Waals surface area contributed by atoms with Crippen molar-refractivity contribution in [3.63, 3.8) is 0 Å². The number of ether oxygens (including phenoxy) is 1. The molecule has 12 heavy (non-hydrogen) atoms. The number of carbonyl (C=O) groups is 2. The van der Waals surface area contributed by atoms with Crippen LogP contribution in [0.5, 0.6) is 0 Å². The number of carbonyl (C=O) groups excluding carboxylic acids is 1. The van der Waals surface area contributed by atoms with E-state index in [4.69, 9.17) is 15.0 Å². The van der Waals surface area contributed by atoms with Crippen LogP contribution in [0.2, 0.25) is 0 Å². The summed E-state index contributed by atoms with van der Waals surface area (Å²) in [6.45, 7) is 4.04. The average Bonchev–Trinajstić information content (AvgIpc) is 1.82. The molecule has 0 spiro atoms. The van der Waals surface area contributed by atoms with Gasteiger partial charge in [0.2, 0.25) is 0 Å². The number of aliphatic carboxylic acids is 1. The Bertz CT molecular complexity index is 137. The summed E-state index contributed by atoms with van der Waals surface area (Å²) in [4.78, 5) is 19.0. The molecule has 1 unspecified atom stereocenters. The topological polar surface area (TPSA) is 83.8 Å². The highest BCUT2D eigenvalue weighted by molar-refractivity contribution is 5.65. The van der Waals surface area contributed by atoms with Gasteiger partial charge in [-0.15, -0.1) is 0 Å². The Morgan fingerprint density at radius 3 is 1.83 bits per heavy atom. The third kappa shape index (κ3) is 36.5.